The van der Waals surface area contributed by atoms with Gasteiger partial charge in [-0.25, -0.2) is 0 Å². The monoisotopic (exact) mass is 453 g/mol. The molecule has 0 N–H and O–H groups in total. The zero-order chi connectivity index (χ0) is 20.9. The van der Waals surface area contributed by atoms with Gasteiger partial charge in [-0.3, -0.25) is 0 Å². The van der Waals surface area contributed by atoms with E-state index in [1.807, 2.05) is 0 Å². The van der Waals surface area contributed by atoms with Crippen LogP contribution in [0, 0.1) is 0 Å². The van der Waals surface area contributed by atoms with Gasteiger partial charge in [0.1, 0.15) is 0 Å². The first-order valence-electron chi connectivity index (χ1n) is 9.20. The molecule has 0 spiro atoms. The predicted molar refractivity (Wildman–Crippen MR) is 121 cm³/mol. The Morgan fingerprint density at radius 3 is 1.38 bits per heavy atom. The Balaban J connectivity index is 5.37. The summed E-state index contributed by atoms with van der Waals surface area (Å²) in [7, 11) is -10.6. The lowest BCUT2D eigenvalue weighted by molar-refractivity contribution is 0.292. The average molecular weight is 454 g/mol. The Bertz CT molecular complexity index is 470. The summed E-state index contributed by atoms with van der Waals surface area (Å²) in [5, 5.41) is 3.65. The fourth-order valence-corrected chi connectivity index (χ4v) is 26.6. The van der Waals surface area contributed by atoms with E-state index in [2.05, 4.69) is 82.0 Å². The number of hydrogen-bond acceptors (Lipinski definition) is 5. The second-order valence-electron chi connectivity index (χ2n) is 9.62. The third kappa shape index (κ3) is 13.4. The van der Waals surface area contributed by atoms with Crippen LogP contribution in [0.2, 0.25) is 78.1 Å². The molecule has 26 heavy (non-hydrogen) atoms. The van der Waals surface area contributed by atoms with Gasteiger partial charge in [0.05, 0.1) is 0 Å². The lowest BCUT2D eigenvalue weighted by Gasteiger charge is -2.43. The van der Waals surface area contributed by atoms with Crippen molar-refractivity contribution in [1.82, 2.24) is 0 Å². The molecule has 0 heterocycles. The third-order valence-corrected chi connectivity index (χ3v) is 20.5. The van der Waals surface area contributed by atoms with Crippen LogP contribution in [0.5, 0.6) is 0 Å². The van der Waals surface area contributed by atoms with Gasteiger partial charge < -0.3 is 16.5 Å². The zero-order valence-electron chi connectivity index (χ0n) is 18.6. The molecule has 0 fully saturated rings. The van der Waals surface area contributed by atoms with Crippen LogP contribution < -0.4 is 0 Å². The van der Waals surface area contributed by atoms with E-state index in [1.54, 1.807) is 0 Å². The highest BCUT2D eigenvalue weighted by Crippen LogP contribution is 2.29. The number of hydrogen-bond donors (Lipinski definition) is 0. The third-order valence-electron chi connectivity index (χ3n) is 2.98. The van der Waals surface area contributed by atoms with Gasteiger partial charge in [-0.15, -0.1) is 0 Å². The number of azide groups is 1. The molecule has 0 aromatic rings. The Kier molecular flexibility index (Phi) is 9.71. The van der Waals surface area contributed by atoms with Gasteiger partial charge in [-0.2, -0.15) is 0 Å². The molecule has 0 radical (unpaired) electrons. The Morgan fingerprint density at radius 2 is 1.08 bits per heavy atom. The molecular weight excluding hydrogens is 415 g/mol. The first-order chi connectivity index (χ1) is 11.4. The van der Waals surface area contributed by atoms with E-state index < -0.39 is 42.3 Å². The highest BCUT2D eigenvalue weighted by Gasteiger charge is 2.46. The van der Waals surface area contributed by atoms with Crippen LogP contribution >= 0.6 is 0 Å². The molecule has 0 unspecified atom stereocenters. The van der Waals surface area contributed by atoms with E-state index in [9.17, 15) is 0 Å². The summed E-state index contributed by atoms with van der Waals surface area (Å²) >= 11 is 0. The molecule has 0 aromatic carbocycles. The first-order valence-corrected chi connectivity index (χ1v) is 24.2. The van der Waals surface area contributed by atoms with Crippen molar-refractivity contribution >= 4 is 42.3 Å². The standard InChI is InChI=1S/C14H39N3O4Si5/c1-22(2,3)18-24(7,8)20-26(11,14-12-13-16-17-15)21-25(9,10)19-23(4,5)6/h12-14H2,1-11H3. The molecule has 0 aromatic heterocycles. The van der Waals surface area contributed by atoms with Crippen molar-refractivity contribution in [3.05, 3.63) is 10.4 Å². The van der Waals surface area contributed by atoms with E-state index in [4.69, 9.17) is 22.0 Å². The highest BCUT2D eigenvalue weighted by molar-refractivity contribution is 6.90. The topological polar surface area (TPSA) is 85.7 Å². The summed E-state index contributed by atoms with van der Waals surface area (Å²) in [5.41, 5.74) is 8.51. The van der Waals surface area contributed by atoms with Crippen molar-refractivity contribution in [3.63, 3.8) is 0 Å². The molecule has 0 saturated heterocycles. The average Bonchev–Trinajstić information content (AvgIpc) is 2.26. The fraction of sp³-hybridized carbons (Fsp3) is 1.00. The van der Waals surface area contributed by atoms with Crippen molar-refractivity contribution < 1.29 is 16.5 Å². The SMILES string of the molecule is C[Si](C)(C)O[Si](C)(C)O[Si](C)(CCCN=[N+]=[N-])O[Si](C)(C)O[Si](C)(C)C. The summed E-state index contributed by atoms with van der Waals surface area (Å²) < 4.78 is 26.0. The molecule has 0 saturated carbocycles. The summed E-state index contributed by atoms with van der Waals surface area (Å²) in [6.45, 7) is 24.0. The molecule has 0 rings (SSSR count). The van der Waals surface area contributed by atoms with E-state index in [0.29, 0.717) is 6.54 Å². The van der Waals surface area contributed by atoms with E-state index in [-0.39, 0.29) is 0 Å². The molecule has 154 valence electrons. The van der Waals surface area contributed by atoms with Crippen LogP contribution in [0.15, 0.2) is 5.11 Å². The van der Waals surface area contributed by atoms with Crippen LogP contribution in [0.25, 0.3) is 10.4 Å². The molecule has 0 bridgehead atoms. The van der Waals surface area contributed by atoms with Crippen molar-refractivity contribution in [3.8, 4) is 0 Å². The molecule has 7 nitrogen and oxygen atoms in total. The van der Waals surface area contributed by atoms with Gasteiger partial charge in [-0.05, 0) is 90.0 Å². The maximum absolute atomic E-state index is 8.51. The van der Waals surface area contributed by atoms with Gasteiger partial charge >= 0.3 is 25.7 Å². The molecule has 0 aliphatic rings. The summed E-state index contributed by atoms with van der Waals surface area (Å²) in [5.74, 6) is 0. The van der Waals surface area contributed by atoms with Crippen molar-refractivity contribution in [1.29, 1.82) is 0 Å². The van der Waals surface area contributed by atoms with Gasteiger partial charge in [0, 0.05) is 11.5 Å². The van der Waals surface area contributed by atoms with Crippen LogP contribution in [-0.2, 0) is 16.5 Å². The lowest BCUT2D eigenvalue weighted by Crippen LogP contribution is -2.59. The van der Waals surface area contributed by atoms with Crippen LogP contribution in [0.4, 0.5) is 0 Å². The van der Waals surface area contributed by atoms with E-state index >= 15 is 0 Å². The van der Waals surface area contributed by atoms with Crippen molar-refractivity contribution in [2.24, 2.45) is 5.11 Å². The first kappa shape index (κ1) is 26.2. The minimum atomic E-state index is -2.54. The Hall–Kier alpha value is 0.234. The normalized spacial score (nSPS) is 14.3. The van der Waals surface area contributed by atoms with Crippen LogP contribution in [-0.4, -0.2) is 48.9 Å². The zero-order valence-corrected chi connectivity index (χ0v) is 23.6. The quantitative estimate of drug-likeness (QED) is 0.121. The van der Waals surface area contributed by atoms with Crippen molar-refractivity contribution in [2.75, 3.05) is 6.54 Å². The smallest absolute Gasteiger partial charge is 0.317 e. The number of rotatable bonds is 12. The predicted octanol–water partition coefficient (Wildman–Crippen LogP) is 5.90. The second-order valence-corrected chi connectivity index (χ2v) is 29.7. The maximum atomic E-state index is 8.51. The van der Waals surface area contributed by atoms with Crippen LogP contribution in [0.3, 0.4) is 0 Å². The summed E-state index contributed by atoms with van der Waals surface area (Å²) in [6.07, 6.45) is 0.752. The van der Waals surface area contributed by atoms with E-state index in [1.165, 1.54) is 0 Å². The van der Waals surface area contributed by atoms with Gasteiger partial charge in [0.25, 0.3) is 0 Å². The van der Waals surface area contributed by atoms with Gasteiger partial charge in [-0.1, -0.05) is 5.11 Å². The summed E-state index contributed by atoms with van der Waals surface area (Å²) in [6, 6.07) is 0.767. The minimum Gasteiger partial charge on any atom is -0.437 e. The lowest BCUT2D eigenvalue weighted by atomic mass is 10.5. The molecule has 0 atom stereocenters. The van der Waals surface area contributed by atoms with Crippen LogP contribution in [0.1, 0.15) is 6.42 Å². The van der Waals surface area contributed by atoms with E-state index in [0.717, 1.165) is 12.5 Å². The second kappa shape index (κ2) is 9.63. The fourth-order valence-electron chi connectivity index (χ4n) is 3.19. The molecule has 12 heteroatoms. The van der Waals surface area contributed by atoms with Gasteiger partial charge in [0.15, 0.2) is 16.6 Å². The van der Waals surface area contributed by atoms with Gasteiger partial charge in [0.2, 0.25) is 0 Å². The molecule has 0 aliphatic carbocycles. The number of nitrogens with zero attached hydrogens (tertiary/aromatic N) is 3. The molecule has 0 amide bonds. The molecular formula is C14H39N3O4Si5. The Labute approximate surface area is 165 Å². The van der Waals surface area contributed by atoms with Crippen molar-refractivity contribution in [2.45, 2.75) is 84.5 Å². The summed E-state index contributed by atoms with van der Waals surface area (Å²) in [4.78, 5) is 2.84. The highest BCUT2D eigenvalue weighted by atomic mass is 28.5. The Morgan fingerprint density at radius 1 is 0.692 bits per heavy atom. The minimum absolute atomic E-state index is 0.458. The maximum Gasteiger partial charge on any atom is 0.317 e. The largest absolute Gasteiger partial charge is 0.437 e. The molecule has 0 aliphatic heterocycles.